The maximum Gasteiger partial charge on any atom is 0.183 e. The Hall–Kier alpha value is -0.570. The molecule has 0 bridgehead atoms. The van der Waals surface area contributed by atoms with Gasteiger partial charge in [-0.05, 0) is 32.1 Å². The largest absolute Gasteiger partial charge is 0.358 e. The third-order valence-corrected chi connectivity index (χ3v) is 4.35. The second-order valence-electron chi connectivity index (χ2n) is 4.88. The van der Waals surface area contributed by atoms with Gasteiger partial charge >= 0.3 is 0 Å². The highest BCUT2D eigenvalue weighted by molar-refractivity contribution is 7.15. The lowest BCUT2D eigenvalue weighted by Crippen LogP contribution is -2.45. The van der Waals surface area contributed by atoms with Gasteiger partial charge in [0.2, 0.25) is 0 Å². The van der Waals surface area contributed by atoms with Crippen LogP contribution in [0.25, 0.3) is 0 Å². The minimum Gasteiger partial charge on any atom is -0.358 e. The van der Waals surface area contributed by atoms with Crippen molar-refractivity contribution in [3.63, 3.8) is 0 Å². The van der Waals surface area contributed by atoms with Crippen LogP contribution in [0.5, 0.6) is 0 Å². The van der Waals surface area contributed by atoms with Gasteiger partial charge in [0, 0.05) is 10.9 Å². The second-order valence-corrected chi connectivity index (χ2v) is 6.09. The summed E-state index contributed by atoms with van der Waals surface area (Å²) in [6.45, 7) is 8.84. The van der Waals surface area contributed by atoms with Crippen LogP contribution in [0.3, 0.4) is 0 Å². The lowest BCUT2D eigenvalue weighted by molar-refractivity contribution is 0.160. The Kier molecular flexibility index (Phi) is 2.30. The van der Waals surface area contributed by atoms with E-state index in [1.807, 2.05) is 0 Å². The molecular weight excluding hydrogens is 192 g/mol. The molecule has 1 unspecified atom stereocenters. The van der Waals surface area contributed by atoms with Crippen LogP contribution < -0.4 is 5.32 Å². The van der Waals surface area contributed by atoms with Crippen molar-refractivity contribution in [2.24, 2.45) is 5.41 Å². The number of nitrogens with zero attached hydrogens (tertiary/aromatic N) is 1. The highest BCUT2D eigenvalue weighted by Gasteiger charge is 2.38. The molecular formula is C11H18N2S. The molecule has 78 valence electrons. The molecule has 1 aliphatic carbocycles. The van der Waals surface area contributed by atoms with Crippen molar-refractivity contribution in [2.45, 2.75) is 46.6 Å². The topological polar surface area (TPSA) is 24.9 Å². The number of aromatic nitrogens is 1. The van der Waals surface area contributed by atoms with Gasteiger partial charge < -0.3 is 5.32 Å². The lowest BCUT2D eigenvalue weighted by atomic mass is 9.67. The molecule has 0 aliphatic heterocycles. The van der Waals surface area contributed by atoms with E-state index >= 15 is 0 Å². The highest BCUT2D eigenvalue weighted by Crippen LogP contribution is 2.42. The lowest BCUT2D eigenvalue weighted by Gasteiger charge is -2.44. The quantitative estimate of drug-likeness (QED) is 0.809. The Morgan fingerprint density at radius 2 is 2.14 bits per heavy atom. The summed E-state index contributed by atoms with van der Waals surface area (Å²) in [6.07, 6.45) is 2.61. The van der Waals surface area contributed by atoms with Crippen LogP contribution in [0, 0.1) is 19.3 Å². The second kappa shape index (κ2) is 3.23. The van der Waals surface area contributed by atoms with Crippen LogP contribution in [0.15, 0.2) is 0 Å². The minimum absolute atomic E-state index is 0.452. The molecule has 0 spiro atoms. The smallest absolute Gasteiger partial charge is 0.183 e. The summed E-state index contributed by atoms with van der Waals surface area (Å²) in [6, 6.07) is 0.618. The van der Waals surface area contributed by atoms with E-state index in [9.17, 15) is 0 Å². The van der Waals surface area contributed by atoms with Crippen LogP contribution in [0.1, 0.15) is 37.3 Å². The summed E-state index contributed by atoms with van der Waals surface area (Å²) >= 11 is 1.77. The Bertz CT molecular complexity index is 322. The van der Waals surface area contributed by atoms with Crippen molar-refractivity contribution in [3.05, 3.63) is 10.6 Å². The predicted octanol–water partition coefficient (Wildman–Crippen LogP) is 3.36. The first-order valence-electron chi connectivity index (χ1n) is 5.19. The summed E-state index contributed by atoms with van der Waals surface area (Å²) < 4.78 is 0. The van der Waals surface area contributed by atoms with Crippen molar-refractivity contribution < 1.29 is 0 Å². The third kappa shape index (κ3) is 1.65. The van der Waals surface area contributed by atoms with Gasteiger partial charge in [-0.3, -0.25) is 0 Å². The fourth-order valence-electron chi connectivity index (χ4n) is 1.82. The van der Waals surface area contributed by atoms with Crippen LogP contribution in [0.4, 0.5) is 5.13 Å². The summed E-state index contributed by atoms with van der Waals surface area (Å²) in [4.78, 5) is 5.83. The number of nitrogens with one attached hydrogen (secondary N) is 1. The number of hydrogen-bond acceptors (Lipinski definition) is 3. The Labute approximate surface area is 89.8 Å². The predicted molar refractivity (Wildman–Crippen MR) is 62.0 cm³/mol. The molecule has 1 aromatic heterocycles. The molecule has 1 atom stereocenters. The van der Waals surface area contributed by atoms with Gasteiger partial charge in [-0.15, -0.1) is 11.3 Å². The summed E-state index contributed by atoms with van der Waals surface area (Å²) in [5.74, 6) is 0. The number of aryl methyl sites for hydroxylation is 2. The normalized spacial score (nSPS) is 24.4. The van der Waals surface area contributed by atoms with Crippen LogP contribution in [0.2, 0.25) is 0 Å². The van der Waals surface area contributed by atoms with Crippen LogP contribution >= 0.6 is 11.3 Å². The molecule has 3 heteroatoms. The summed E-state index contributed by atoms with van der Waals surface area (Å²) in [5.41, 5.74) is 1.61. The van der Waals surface area contributed by atoms with Gasteiger partial charge in [0.05, 0.1) is 5.69 Å². The molecule has 1 heterocycles. The van der Waals surface area contributed by atoms with Crippen molar-refractivity contribution in [1.29, 1.82) is 0 Å². The molecule has 1 aromatic rings. The molecule has 0 aromatic carbocycles. The zero-order valence-electron chi connectivity index (χ0n) is 9.35. The summed E-state index contributed by atoms with van der Waals surface area (Å²) in [7, 11) is 0. The number of rotatable bonds is 2. The maximum absolute atomic E-state index is 4.50. The van der Waals surface area contributed by atoms with Gasteiger partial charge in [-0.2, -0.15) is 0 Å². The van der Waals surface area contributed by atoms with Gasteiger partial charge in [0.25, 0.3) is 0 Å². The molecule has 0 saturated heterocycles. The van der Waals surface area contributed by atoms with E-state index in [-0.39, 0.29) is 0 Å². The molecule has 1 N–H and O–H groups in total. The summed E-state index contributed by atoms with van der Waals surface area (Å²) in [5, 5.41) is 4.63. The molecule has 1 aliphatic rings. The van der Waals surface area contributed by atoms with E-state index in [0.717, 1.165) is 10.8 Å². The van der Waals surface area contributed by atoms with E-state index in [2.05, 4.69) is 38.0 Å². The number of hydrogen-bond donors (Lipinski definition) is 1. The fourth-order valence-corrected chi connectivity index (χ4v) is 2.68. The Morgan fingerprint density at radius 1 is 1.43 bits per heavy atom. The number of thiazole rings is 1. The molecule has 14 heavy (non-hydrogen) atoms. The molecule has 2 rings (SSSR count). The average Bonchev–Trinajstić information content (AvgIpc) is 2.41. The standard InChI is InChI=1S/C11H18N2S/c1-7-8(2)14-10(12-7)13-9-5-6-11(9,3)4/h9H,5-6H2,1-4H3,(H,12,13). The van der Waals surface area contributed by atoms with Crippen LogP contribution in [-0.4, -0.2) is 11.0 Å². The molecule has 2 nitrogen and oxygen atoms in total. The first-order valence-corrected chi connectivity index (χ1v) is 6.01. The van der Waals surface area contributed by atoms with Crippen molar-refractivity contribution in [3.8, 4) is 0 Å². The molecule has 1 saturated carbocycles. The molecule has 1 fully saturated rings. The van der Waals surface area contributed by atoms with Crippen molar-refractivity contribution in [1.82, 2.24) is 4.98 Å². The maximum atomic E-state index is 4.50. The van der Waals surface area contributed by atoms with Gasteiger partial charge in [-0.25, -0.2) is 4.98 Å². The third-order valence-electron chi connectivity index (χ3n) is 3.35. The highest BCUT2D eigenvalue weighted by atomic mass is 32.1. The van der Waals surface area contributed by atoms with E-state index in [1.165, 1.54) is 17.7 Å². The number of anilines is 1. The zero-order chi connectivity index (χ0) is 10.3. The molecule has 0 radical (unpaired) electrons. The van der Waals surface area contributed by atoms with Gasteiger partial charge in [0.1, 0.15) is 0 Å². The van der Waals surface area contributed by atoms with Crippen molar-refractivity contribution in [2.75, 3.05) is 5.32 Å². The van der Waals surface area contributed by atoms with Crippen LogP contribution in [-0.2, 0) is 0 Å². The zero-order valence-corrected chi connectivity index (χ0v) is 10.2. The monoisotopic (exact) mass is 210 g/mol. The average molecular weight is 210 g/mol. The van der Waals surface area contributed by atoms with Gasteiger partial charge in [-0.1, -0.05) is 13.8 Å². The minimum atomic E-state index is 0.452. The van der Waals surface area contributed by atoms with E-state index in [1.54, 1.807) is 11.3 Å². The fraction of sp³-hybridized carbons (Fsp3) is 0.727. The molecule has 0 amide bonds. The van der Waals surface area contributed by atoms with Gasteiger partial charge in [0.15, 0.2) is 5.13 Å². The van der Waals surface area contributed by atoms with E-state index < -0.39 is 0 Å². The first-order chi connectivity index (χ1) is 6.49. The van der Waals surface area contributed by atoms with Crippen molar-refractivity contribution >= 4 is 16.5 Å². The Morgan fingerprint density at radius 3 is 2.50 bits per heavy atom. The van der Waals surface area contributed by atoms with E-state index in [4.69, 9.17) is 0 Å². The first kappa shape index (κ1) is 9.97. The Balaban J connectivity index is 2.05. The van der Waals surface area contributed by atoms with E-state index in [0.29, 0.717) is 11.5 Å². The SMILES string of the molecule is Cc1nc(NC2CCC2(C)C)sc1C.